The van der Waals surface area contributed by atoms with Gasteiger partial charge in [-0.2, -0.15) is 0 Å². The van der Waals surface area contributed by atoms with Gasteiger partial charge in [-0.15, -0.1) is 0 Å². The zero-order chi connectivity index (χ0) is 21.4. The van der Waals surface area contributed by atoms with Crippen LogP contribution in [0.2, 0.25) is 0 Å². The lowest BCUT2D eigenvalue weighted by molar-refractivity contribution is -0.126. The lowest BCUT2D eigenvalue weighted by Gasteiger charge is -2.48. The smallest absolute Gasteiger partial charge is 0.200 e. The van der Waals surface area contributed by atoms with Crippen LogP contribution >= 0.6 is 0 Å². The minimum absolute atomic E-state index is 0.169. The maximum atomic E-state index is 14.0. The number of piperidine rings is 2. The lowest BCUT2D eigenvalue weighted by atomic mass is 9.75. The molecule has 2 aliphatic rings. The molecule has 0 aliphatic carbocycles. The van der Waals surface area contributed by atoms with Gasteiger partial charge in [0.1, 0.15) is 5.78 Å². The third kappa shape index (κ3) is 3.87. The van der Waals surface area contributed by atoms with E-state index in [1.807, 2.05) is 18.2 Å². The maximum absolute atomic E-state index is 14.0. The van der Waals surface area contributed by atoms with E-state index in [9.17, 15) is 26.7 Å². The number of hydrogen-bond donors (Lipinski definition) is 0. The Kier molecular flexibility index (Phi) is 5.91. The van der Waals surface area contributed by atoms with E-state index in [2.05, 4.69) is 17.0 Å². The molecule has 2 unspecified atom stereocenters. The summed E-state index contributed by atoms with van der Waals surface area (Å²) in [6.07, 6.45) is 3.20. The monoisotopic (exact) mass is 423 g/mol. The Morgan fingerprint density at radius 1 is 0.833 bits per heavy atom. The Morgan fingerprint density at radius 2 is 1.37 bits per heavy atom. The number of fused-ring (bicyclic) bond motifs is 2. The highest BCUT2D eigenvalue weighted by Crippen LogP contribution is 2.39. The third-order valence-corrected chi connectivity index (χ3v) is 6.44. The highest BCUT2D eigenvalue weighted by Gasteiger charge is 2.41. The van der Waals surface area contributed by atoms with Crippen LogP contribution in [0.25, 0.3) is 0 Å². The van der Waals surface area contributed by atoms with Crippen LogP contribution in [0.3, 0.4) is 0 Å². The number of carbonyl (C=O) groups excluding carboxylic acids is 1. The topological polar surface area (TPSA) is 20.3 Å². The summed E-state index contributed by atoms with van der Waals surface area (Å²) in [5.41, 5.74) is 0.147. The van der Waals surface area contributed by atoms with Gasteiger partial charge >= 0.3 is 0 Å². The van der Waals surface area contributed by atoms with Crippen molar-refractivity contribution in [2.24, 2.45) is 5.92 Å². The van der Waals surface area contributed by atoms with Gasteiger partial charge < -0.3 is 0 Å². The van der Waals surface area contributed by atoms with Crippen molar-refractivity contribution < 1.29 is 26.7 Å². The molecule has 2 fully saturated rings. The minimum atomic E-state index is -2.20. The highest BCUT2D eigenvalue weighted by atomic mass is 19.2. The molecule has 2 aliphatic heterocycles. The molecule has 2 nitrogen and oxygen atoms in total. The van der Waals surface area contributed by atoms with Crippen LogP contribution in [-0.4, -0.2) is 22.8 Å². The Hall–Kier alpha value is -2.28. The molecule has 2 heterocycles. The predicted octanol–water partition coefficient (Wildman–Crippen LogP) is 5.33. The number of nitrogens with zero attached hydrogens (tertiary/aromatic N) is 1. The molecule has 2 bridgehead atoms. The van der Waals surface area contributed by atoms with Crippen LogP contribution < -0.4 is 0 Å². The molecule has 30 heavy (non-hydrogen) atoms. The van der Waals surface area contributed by atoms with Gasteiger partial charge in [0.2, 0.25) is 5.82 Å². The average Bonchev–Trinajstić information content (AvgIpc) is 2.74. The molecule has 0 aromatic heterocycles. The molecular formula is C23H22F5NO. The van der Waals surface area contributed by atoms with Crippen LogP contribution in [0.1, 0.15) is 43.2 Å². The second-order valence-electron chi connectivity index (χ2n) is 8.26. The Balaban J connectivity index is 1.50. The molecule has 2 saturated heterocycles. The van der Waals surface area contributed by atoms with Gasteiger partial charge in [0.25, 0.3) is 0 Å². The molecule has 0 saturated carbocycles. The molecule has 2 aromatic rings. The first-order chi connectivity index (χ1) is 14.4. The van der Waals surface area contributed by atoms with Gasteiger partial charge in [0, 0.05) is 36.5 Å². The number of ketones is 1. The van der Waals surface area contributed by atoms with Crippen molar-refractivity contribution in [3.8, 4) is 0 Å². The van der Waals surface area contributed by atoms with Crippen molar-refractivity contribution in [3.05, 3.63) is 70.5 Å². The summed E-state index contributed by atoms with van der Waals surface area (Å²) in [5, 5.41) is 0. The van der Waals surface area contributed by atoms with Crippen LogP contribution in [0.5, 0.6) is 0 Å². The van der Waals surface area contributed by atoms with Crippen molar-refractivity contribution in [1.29, 1.82) is 0 Å². The standard InChI is InChI=1S/C23H22F5NO/c24-19-17(20(25)22(27)23(28)21(19)26)11-18(30)14-9-15-7-4-8-16(10-14)29(15)12-13-5-2-1-3-6-13/h1-3,5-6,14-16H,4,7-12H2. The Bertz CT molecular complexity index is 905. The number of carbonyl (C=O) groups is 1. The van der Waals surface area contributed by atoms with Crippen LogP contribution in [0.4, 0.5) is 22.0 Å². The molecule has 4 rings (SSSR count). The molecular weight excluding hydrogens is 401 g/mol. The number of hydrogen-bond acceptors (Lipinski definition) is 2. The first kappa shape index (κ1) is 21.0. The summed E-state index contributed by atoms with van der Waals surface area (Å²) in [7, 11) is 0. The van der Waals surface area contributed by atoms with E-state index >= 15 is 0 Å². The molecule has 0 amide bonds. The fraction of sp³-hybridized carbons (Fsp3) is 0.435. The second kappa shape index (κ2) is 8.46. The van der Waals surface area contributed by atoms with Gasteiger partial charge in [-0.3, -0.25) is 9.69 Å². The van der Waals surface area contributed by atoms with E-state index in [0.29, 0.717) is 12.8 Å². The first-order valence-corrected chi connectivity index (χ1v) is 10.2. The average molecular weight is 423 g/mol. The SMILES string of the molecule is O=C(Cc1c(F)c(F)c(F)c(F)c1F)C1CC2CCCC(C1)N2Cc1ccccc1. The molecule has 0 spiro atoms. The molecule has 2 atom stereocenters. The van der Waals surface area contributed by atoms with Crippen LogP contribution in [-0.2, 0) is 17.8 Å². The predicted molar refractivity (Wildman–Crippen MR) is 101 cm³/mol. The van der Waals surface area contributed by atoms with E-state index in [0.717, 1.165) is 25.8 Å². The quantitative estimate of drug-likeness (QED) is 0.368. The molecule has 160 valence electrons. The van der Waals surface area contributed by atoms with E-state index in [-0.39, 0.29) is 12.1 Å². The van der Waals surface area contributed by atoms with Crippen molar-refractivity contribution in [2.75, 3.05) is 0 Å². The number of halogens is 5. The summed E-state index contributed by atoms with van der Waals surface area (Å²) in [6, 6.07) is 10.4. The number of rotatable bonds is 5. The first-order valence-electron chi connectivity index (χ1n) is 10.2. The normalized spacial score (nSPS) is 24.1. The maximum Gasteiger partial charge on any atom is 0.200 e. The van der Waals surface area contributed by atoms with E-state index in [4.69, 9.17) is 0 Å². The van der Waals surface area contributed by atoms with Crippen LogP contribution in [0, 0.1) is 35.0 Å². The van der Waals surface area contributed by atoms with Gasteiger partial charge in [-0.25, -0.2) is 22.0 Å². The second-order valence-corrected chi connectivity index (χ2v) is 8.26. The zero-order valence-electron chi connectivity index (χ0n) is 16.3. The van der Waals surface area contributed by atoms with Gasteiger partial charge in [0.15, 0.2) is 23.3 Å². The van der Waals surface area contributed by atoms with Crippen molar-refractivity contribution in [3.63, 3.8) is 0 Å². The van der Waals surface area contributed by atoms with E-state index in [1.54, 1.807) is 0 Å². The van der Waals surface area contributed by atoms with Gasteiger partial charge in [0.05, 0.1) is 0 Å². The fourth-order valence-corrected chi connectivity index (χ4v) is 4.92. The fourth-order valence-electron chi connectivity index (χ4n) is 4.92. The number of Topliss-reactive ketones (excluding diaryl/α,β-unsaturated/α-hetero) is 1. The zero-order valence-corrected chi connectivity index (χ0v) is 16.3. The van der Waals surface area contributed by atoms with Crippen molar-refractivity contribution in [1.82, 2.24) is 4.90 Å². The van der Waals surface area contributed by atoms with E-state index in [1.165, 1.54) is 5.56 Å². The molecule has 2 aromatic carbocycles. The molecule has 7 heteroatoms. The highest BCUT2D eigenvalue weighted by molar-refractivity contribution is 5.83. The Morgan fingerprint density at radius 3 is 1.93 bits per heavy atom. The largest absolute Gasteiger partial charge is 0.299 e. The van der Waals surface area contributed by atoms with Crippen molar-refractivity contribution in [2.45, 2.75) is 57.2 Å². The third-order valence-electron chi connectivity index (χ3n) is 6.44. The lowest BCUT2D eigenvalue weighted by Crippen LogP contribution is -2.52. The van der Waals surface area contributed by atoms with Gasteiger partial charge in [-0.1, -0.05) is 36.8 Å². The summed E-state index contributed by atoms with van der Waals surface area (Å²) in [4.78, 5) is 15.2. The van der Waals surface area contributed by atoms with Gasteiger partial charge in [-0.05, 0) is 31.2 Å². The van der Waals surface area contributed by atoms with E-state index < -0.39 is 52.8 Å². The molecule has 0 N–H and O–H groups in total. The summed E-state index contributed by atoms with van der Waals surface area (Å²) < 4.78 is 68.1. The number of benzene rings is 2. The molecule has 0 radical (unpaired) electrons. The Labute approximate surface area is 171 Å². The van der Waals surface area contributed by atoms with Crippen molar-refractivity contribution >= 4 is 5.78 Å². The summed E-state index contributed by atoms with van der Waals surface area (Å²) in [6.45, 7) is 0.773. The minimum Gasteiger partial charge on any atom is -0.299 e. The van der Waals surface area contributed by atoms with Crippen LogP contribution in [0.15, 0.2) is 30.3 Å². The summed E-state index contributed by atoms with van der Waals surface area (Å²) in [5.74, 6) is -11.0. The summed E-state index contributed by atoms with van der Waals surface area (Å²) >= 11 is 0.